The van der Waals surface area contributed by atoms with Gasteiger partial charge in [0.2, 0.25) is 5.91 Å². The molecule has 4 nitrogen and oxygen atoms in total. The lowest BCUT2D eigenvalue weighted by Gasteiger charge is -2.23. The van der Waals surface area contributed by atoms with Crippen LogP contribution in [0, 0.1) is 0 Å². The van der Waals surface area contributed by atoms with Crippen LogP contribution in [0.2, 0.25) is 0 Å². The Bertz CT molecular complexity index is 476. The number of morpholine rings is 1. The molecule has 0 bridgehead atoms. The van der Waals surface area contributed by atoms with Gasteiger partial charge in [-0.05, 0) is 25.0 Å². The van der Waals surface area contributed by atoms with Gasteiger partial charge in [-0.3, -0.25) is 4.79 Å². The molecule has 1 aliphatic heterocycles. The molecule has 2 aliphatic rings. The van der Waals surface area contributed by atoms with Gasteiger partial charge in [-0.15, -0.1) is 24.2 Å². The molecular weight excluding hydrogens is 320 g/mol. The number of carbonyl (C=O) groups excluding carboxylic acids is 1. The molecule has 1 unspecified atom stereocenters. The summed E-state index contributed by atoms with van der Waals surface area (Å²) in [6, 6.07) is 10.6. The molecule has 3 rings (SSSR count). The summed E-state index contributed by atoms with van der Waals surface area (Å²) in [7, 11) is 0. The van der Waals surface area contributed by atoms with Gasteiger partial charge in [0.25, 0.3) is 0 Å². The number of hydrogen-bond donors (Lipinski definition) is 2. The standard InChI is InChI=1S/C16H22N2O2S.ClH/c19-15(10-13-11-20-9-8-17-13)18-12-16(6-7-16)21-14-4-2-1-3-5-14;/h1-5,13,17H,6-12H2,(H,18,19);1H. The second-order valence-electron chi connectivity index (χ2n) is 5.80. The summed E-state index contributed by atoms with van der Waals surface area (Å²) < 4.78 is 5.59. The van der Waals surface area contributed by atoms with Crippen LogP contribution in [0.25, 0.3) is 0 Å². The van der Waals surface area contributed by atoms with Crippen LogP contribution in [0.15, 0.2) is 35.2 Å². The van der Waals surface area contributed by atoms with Crippen molar-refractivity contribution in [2.75, 3.05) is 26.3 Å². The Morgan fingerprint density at radius 3 is 2.77 bits per heavy atom. The number of thioether (sulfide) groups is 1. The first kappa shape index (κ1) is 17.6. The molecule has 1 saturated heterocycles. The smallest absolute Gasteiger partial charge is 0.221 e. The van der Waals surface area contributed by atoms with Gasteiger partial charge in [-0.1, -0.05) is 18.2 Å². The largest absolute Gasteiger partial charge is 0.378 e. The fourth-order valence-corrected chi connectivity index (χ4v) is 3.74. The second-order valence-corrected chi connectivity index (χ2v) is 7.35. The fourth-order valence-electron chi connectivity index (χ4n) is 2.50. The minimum absolute atomic E-state index is 0. The predicted molar refractivity (Wildman–Crippen MR) is 91.7 cm³/mol. The van der Waals surface area contributed by atoms with Crippen molar-refractivity contribution < 1.29 is 9.53 Å². The second kappa shape index (κ2) is 8.20. The van der Waals surface area contributed by atoms with Gasteiger partial charge < -0.3 is 15.4 Å². The lowest BCUT2D eigenvalue weighted by molar-refractivity contribution is -0.122. The van der Waals surface area contributed by atoms with E-state index in [1.54, 1.807) is 0 Å². The number of hydrogen-bond acceptors (Lipinski definition) is 4. The van der Waals surface area contributed by atoms with Gasteiger partial charge in [0.15, 0.2) is 0 Å². The normalized spacial score (nSPS) is 22.5. The van der Waals surface area contributed by atoms with Gasteiger partial charge in [-0.25, -0.2) is 0 Å². The summed E-state index contributed by atoms with van der Waals surface area (Å²) >= 11 is 1.89. The summed E-state index contributed by atoms with van der Waals surface area (Å²) in [5, 5.41) is 6.41. The van der Waals surface area contributed by atoms with Crippen molar-refractivity contribution in [2.45, 2.75) is 34.9 Å². The minimum Gasteiger partial charge on any atom is -0.378 e. The van der Waals surface area contributed by atoms with E-state index in [0.29, 0.717) is 13.0 Å². The molecule has 1 amide bonds. The zero-order chi connectivity index (χ0) is 14.5. The van der Waals surface area contributed by atoms with E-state index in [0.717, 1.165) is 19.7 Å². The molecule has 6 heteroatoms. The van der Waals surface area contributed by atoms with Crippen molar-refractivity contribution in [2.24, 2.45) is 0 Å². The van der Waals surface area contributed by atoms with E-state index in [-0.39, 0.29) is 29.1 Å². The monoisotopic (exact) mass is 342 g/mol. The van der Waals surface area contributed by atoms with Crippen LogP contribution in [-0.2, 0) is 9.53 Å². The Labute approximate surface area is 142 Å². The van der Waals surface area contributed by atoms with Crippen molar-refractivity contribution >= 4 is 30.1 Å². The van der Waals surface area contributed by atoms with Crippen LogP contribution >= 0.6 is 24.2 Å². The molecule has 2 N–H and O–H groups in total. The highest BCUT2D eigenvalue weighted by Gasteiger charge is 2.43. The quantitative estimate of drug-likeness (QED) is 0.832. The van der Waals surface area contributed by atoms with Gasteiger partial charge in [-0.2, -0.15) is 0 Å². The van der Waals surface area contributed by atoms with Gasteiger partial charge in [0, 0.05) is 35.2 Å². The van der Waals surface area contributed by atoms with Crippen LogP contribution in [0.4, 0.5) is 0 Å². The number of benzene rings is 1. The topological polar surface area (TPSA) is 50.4 Å². The summed E-state index contributed by atoms with van der Waals surface area (Å²) in [5.74, 6) is 0.123. The van der Waals surface area contributed by atoms with E-state index in [1.807, 2.05) is 17.8 Å². The molecule has 1 aromatic rings. The molecule has 1 saturated carbocycles. The average Bonchev–Trinajstić information content (AvgIpc) is 3.27. The van der Waals surface area contributed by atoms with Gasteiger partial charge in [0.1, 0.15) is 0 Å². The lowest BCUT2D eigenvalue weighted by atomic mass is 10.2. The molecule has 1 heterocycles. The molecule has 1 atom stereocenters. The lowest BCUT2D eigenvalue weighted by Crippen LogP contribution is -2.45. The van der Waals surface area contributed by atoms with Crippen LogP contribution in [0.3, 0.4) is 0 Å². The molecule has 0 radical (unpaired) electrons. The van der Waals surface area contributed by atoms with Crippen LogP contribution in [0.1, 0.15) is 19.3 Å². The van der Waals surface area contributed by atoms with Crippen LogP contribution in [0.5, 0.6) is 0 Å². The summed E-state index contributed by atoms with van der Waals surface area (Å²) in [6.07, 6.45) is 2.86. The van der Waals surface area contributed by atoms with Crippen LogP contribution in [-0.4, -0.2) is 43.0 Å². The highest BCUT2D eigenvalue weighted by molar-refractivity contribution is 8.01. The van der Waals surface area contributed by atoms with Crippen molar-refractivity contribution in [1.29, 1.82) is 0 Å². The SMILES string of the molecule is Cl.O=C(CC1COCCN1)NCC1(Sc2ccccc2)CC1. The zero-order valence-electron chi connectivity index (χ0n) is 12.5. The molecule has 2 fully saturated rings. The van der Waals surface area contributed by atoms with E-state index in [4.69, 9.17) is 4.74 Å². The maximum Gasteiger partial charge on any atom is 0.221 e. The maximum atomic E-state index is 12.0. The van der Waals surface area contributed by atoms with E-state index >= 15 is 0 Å². The minimum atomic E-state index is 0. The first-order valence-corrected chi connectivity index (χ1v) is 8.39. The number of ether oxygens (including phenoxy) is 1. The van der Waals surface area contributed by atoms with E-state index in [9.17, 15) is 4.79 Å². The molecule has 0 aromatic heterocycles. The Kier molecular flexibility index (Phi) is 6.56. The Morgan fingerprint density at radius 1 is 1.36 bits per heavy atom. The number of carbonyl (C=O) groups is 1. The predicted octanol–water partition coefficient (Wildman–Crippen LogP) is 2.23. The van der Waals surface area contributed by atoms with Crippen molar-refractivity contribution in [3.63, 3.8) is 0 Å². The van der Waals surface area contributed by atoms with Crippen molar-refractivity contribution in [3.05, 3.63) is 30.3 Å². The number of nitrogens with one attached hydrogen (secondary N) is 2. The Morgan fingerprint density at radius 2 is 2.14 bits per heavy atom. The molecule has 1 aliphatic carbocycles. The highest BCUT2D eigenvalue weighted by Crippen LogP contribution is 2.51. The van der Waals surface area contributed by atoms with Crippen molar-refractivity contribution in [1.82, 2.24) is 10.6 Å². The summed E-state index contributed by atoms with van der Waals surface area (Å²) in [5.41, 5.74) is 0. The van der Waals surface area contributed by atoms with E-state index in [2.05, 4.69) is 34.9 Å². The third-order valence-corrected chi connectivity index (χ3v) is 5.42. The highest BCUT2D eigenvalue weighted by atomic mass is 35.5. The van der Waals surface area contributed by atoms with Crippen molar-refractivity contribution in [3.8, 4) is 0 Å². The Balaban J connectivity index is 0.00000176. The number of rotatable bonds is 6. The third kappa shape index (κ3) is 5.16. The van der Waals surface area contributed by atoms with Gasteiger partial charge in [0.05, 0.1) is 13.2 Å². The Hall–Kier alpha value is -0.750. The van der Waals surface area contributed by atoms with E-state index < -0.39 is 0 Å². The molecule has 1 aromatic carbocycles. The average molecular weight is 343 g/mol. The summed E-state index contributed by atoms with van der Waals surface area (Å²) in [4.78, 5) is 13.3. The molecule has 0 spiro atoms. The number of halogens is 1. The number of amides is 1. The van der Waals surface area contributed by atoms with E-state index in [1.165, 1.54) is 17.7 Å². The third-order valence-electron chi connectivity index (χ3n) is 3.92. The molecular formula is C16H23ClN2O2S. The first-order chi connectivity index (χ1) is 10.3. The zero-order valence-corrected chi connectivity index (χ0v) is 14.2. The van der Waals surface area contributed by atoms with Gasteiger partial charge >= 0.3 is 0 Å². The molecule has 122 valence electrons. The summed E-state index contributed by atoms with van der Waals surface area (Å²) in [6.45, 7) is 2.98. The van der Waals surface area contributed by atoms with Crippen LogP contribution < -0.4 is 10.6 Å². The fraction of sp³-hybridized carbons (Fsp3) is 0.562. The maximum absolute atomic E-state index is 12.0. The molecule has 22 heavy (non-hydrogen) atoms. The first-order valence-electron chi connectivity index (χ1n) is 7.58.